The predicted molar refractivity (Wildman–Crippen MR) is 110 cm³/mol. The summed E-state index contributed by atoms with van der Waals surface area (Å²) in [6.45, 7) is 6.76. The molecule has 0 fully saturated rings. The fraction of sp³-hybridized carbons (Fsp3) is 0.391. The summed E-state index contributed by atoms with van der Waals surface area (Å²) < 4.78 is 10.5. The quantitative estimate of drug-likeness (QED) is 0.691. The van der Waals surface area contributed by atoms with Crippen molar-refractivity contribution in [2.24, 2.45) is 0 Å². The molecule has 0 saturated heterocycles. The van der Waals surface area contributed by atoms with E-state index < -0.39 is 0 Å². The first-order chi connectivity index (χ1) is 13.2. The lowest BCUT2D eigenvalue weighted by molar-refractivity contribution is -0.121. The molecule has 5 nitrogen and oxygen atoms in total. The molecule has 2 aromatic carbocycles. The maximum Gasteiger partial charge on any atom is 0.220 e. The van der Waals surface area contributed by atoms with Crippen LogP contribution in [0, 0.1) is 0 Å². The van der Waals surface area contributed by atoms with Gasteiger partial charge in [0.15, 0.2) is 17.3 Å². The molecule has 0 aliphatic carbocycles. The molecule has 2 rings (SSSR count). The normalized spacial score (nSPS) is 11.0. The van der Waals surface area contributed by atoms with Crippen LogP contribution in [0.4, 0.5) is 0 Å². The third-order valence-corrected chi connectivity index (χ3v) is 4.59. The number of methoxy groups -OCH3 is 2. The minimum Gasteiger partial charge on any atom is -0.493 e. The van der Waals surface area contributed by atoms with Crippen LogP contribution in [0.2, 0.25) is 0 Å². The Morgan fingerprint density at radius 1 is 0.893 bits per heavy atom. The molecule has 0 atom stereocenters. The summed E-state index contributed by atoms with van der Waals surface area (Å²) in [5, 5.41) is 2.84. The molecule has 28 heavy (non-hydrogen) atoms. The Hall–Kier alpha value is -2.82. The van der Waals surface area contributed by atoms with E-state index in [0.717, 1.165) is 5.56 Å². The summed E-state index contributed by atoms with van der Waals surface area (Å²) in [5.41, 5.74) is 2.76. The molecule has 0 aromatic heterocycles. The van der Waals surface area contributed by atoms with Gasteiger partial charge in [-0.2, -0.15) is 0 Å². The molecular weight excluding hydrogens is 354 g/mol. The number of nitrogens with one attached hydrogen (secondary N) is 1. The van der Waals surface area contributed by atoms with Gasteiger partial charge in [-0.3, -0.25) is 9.59 Å². The van der Waals surface area contributed by atoms with Gasteiger partial charge >= 0.3 is 0 Å². The van der Waals surface area contributed by atoms with Gasteiger partial charge in [0.1, 0.15) is 0 Å². The van der Waals surface area contributed by atoms with Crippen molar-refractivity contribution in [3.63, 3.8) is 0 Å². The van der Waals surface area contributed by atoms with Crippen molar-refractivity contribution < 1.29 is 19.1 Å². The highest BCUT2D eigenvalue weighted by Crippen LogP contribution is 2.27. The van der Waals surface area contributed by atoms with Gasteiger partial charge in [0.2, 0.25) is 5.91 Å². The lowest BCUT2D eigenvalue weighted by Gasteiger charge is -2.18. The van der Waals surface area contributed by atoms with E-state index in [1.165, 1.54) is 5.56 Å². The van der Waals surface area contributed by atoms with Gasteiger partial charge < -0.3 is 14.8 Å². The van der Waals surface area contributed by atoms with Crippen molar-refractivity contribution >= 4 is 11.7 Å². The third-order valence-electron chi connectivity index (χ3n) is 4.59. The van der Waals surface area contributed by atoms with Crippen molar-refractivity contribution in [3.05, 3.63) is 59.2 Å². The Kier molecular flexibility index (Phi) is 7.21. The van der Waals surface area contributed by atoms with Gasteiger partial charge in [0, 0.05) is 24.9 Å². The minimum atomic E-state index is -0.158. The van der Waals surface area contributed by atoms with E-state index in [9.17, 15) is 9.59 Å². The summed E-state index contributed by atoms with van der Waals surface area (Å²) in [7, 11) is 3.15. The molecule has 0 radical (unpaired) electrons. The van der Waals surface area contributed by atoms with Crippen molar-refractivity contribution in [1.29, 1.82) is 0 Å². The highest BCUT2D eigenvalue weighted by atomic mass is 16.5. The largest absolute Gasteiger partial charge is 0.493 e. The number of carbonyl (C=O) groups excluding carboxylic acids is 2. The zero-order valence-corrected chi connectivity index (χ0v) is 17.3. The minimum absolute atomic E-state index is 0.0262. The number of carbonyl (C=O) groups is 2. The number of hydrogen-bond donors (Lipinski definition) is 1. The number of hydrogen-bond acceptors (Lipinski definition) is 4. The highest BCUT2D eigenvalue weighted by molar-refractivity contribution is 5.98. The molecule has 0 saturated carbocycles. The van der Waals surface area contributed by atoms with Gasteiger partial charge in [0.05, 0.1) is 14.2 Å². The van der Waals surface area contributed by atoms with Crippen molar-refractivity contribution in [1.82, 2.24) is 5.32 Å². The van der Waals surface area contributed by atoms with Gasteiger partial charge in [-0.25, -0.2) is 0 Å². The fourth-order valence-corrected chi connectivity index (χ4v) is 2.81. The molecule has 150 valence electrons. The third kappa shape index (κ3) is 5.84. The number of amides is 1. The Morgan fingerprint density at radius 3 is 2.11 bits per heavy atom. The molecule has 1 amide bonds. The van der Waals surface area contributed by atoms with E-state index in [1.54, 1.807) is 20.3 Å². The average molecular weight is 383 g/mol. The summed E-state index contributed by atoms with van der Waals surface area (Å²) in [6.07, 6.45) is 0.347. The van der Waals surface area contributed by atoms with Crippen LogP contribution in [0.25, 0.3) is 0 Å². The van der Waals surface area contributed by atoms with Crippen LogP contribution in [-0.2, 0) is 16.8 Å². The number of ether oxygens (including phenoxy) is 2. The first-order valence-corrected chi connectivity index (χ1v) is 9.36. The van der Waals surface area contributed by atoms with Gasteiger partial charge in [-0.15, -0.1) is 0 Å². The first kappa shape index (κ1) is 21.5. The second-order valence-electron chi connectivity index (χ2n) is 7.72. The second-order valence-corrected chi connectivity index (χ2v) is 7.72. The van der Waals surface area contributed by atoms with Crippen LogP contribution >= 0.6 is 0 Å². The molecule has 0 bridgehead atoms. The van der Waals surface area contributed by atoms with Crippen LogP contribution in [-0.4, -0.2) is 25.9 Å². The molecular formula is C23H29NO4. The monoisotopic (exact) mass is 383 g/mol. The number of rotatable bonds is 8. The summed E-state index contributed by atoms with van der Waals surface area (Å²) in [4.78, 5) is 24.4. The van der Waals surface area contributed by atoms with Crippen LogP contribution in [0.5, 0.6) is 11.5 Å². The van der Waals surface area contributed by atoms with E-state index in [1.807, 2.05) is 36.4 Å². The van der Waals surface area contributed by atoms with Crippen LogP contribution in [0.15, 0.2) is 42.5 Å². The maximum absolute atomic E-state index is 12.3. The molecule has 5 heteroatoms. The smallest absolute Gasteiger partial charge is 0.220 e. The van der Waals surface area contributed by atoms with Gasteiger partial charge in [0.25, 0.3) is 0 Å². The van der Waals surface area contributed by atoms with Crippen molar-refractivity contribution in [3.8, 4) is 11.5 Å². The summed E-state index contributed by atoms with van der Waals surface area (Å²) >= 11 is 0. The summed E-state index contributed by atoms with van der Waals surface area (Å²) in [5.74, 6) is 1.07. The van der Waals surface area contributed by atoms with Gasteiger partial charge in [-0.05, 0) is 28.7 Å². The van der Waals surface area contributed by atoms with E-state index in [2.05, 4.69) is 26.1 Å². The fourth-order valence-electron chi connectivity index (χ4n) is 2.81. The SMILES string of the molecule is COc1ccc(CNC(=O)CCC(=O)c2ccc(C(C)(C)C)cc2)cc1OC. The standard InChI is InChI=1S/C23H29NO4/c1-23(2,3)18-9-7-17(8-10-18)19(25)11-13-22(26)24-15-16-6-12-20(27-4)21(14-16)28-5/h6-10,12,14H,11,13,15H2,1-5H3,(H,24,26). The van der Waals surface area contributed by atoms with E-state index >= 15 is 0 Å². The molecule has 1 N–H and O–H groups in total. The summed E-state index contributed by atoms with van der Waals surface area (Å²) in [6, 6.07) is 13.1. The zero-order valence-electron chi connectivity index (χ0n) is 17.3. The average Bonchev–Trinajstić information content (AvgIpc) is 2.69. The first-order valence-electron chi connectivity index (χ1n) is 9.36. The molecule has 0 spiro atoms. The van der Waals surface area contributed by atoms with Gasteiger partial charge in [-0.1, -0.05) is 51.1 Å². The molecule has 0 heterocycles. The zero-order chi connectivity index (χ0) is 20.7. The van der Waals surface area contributed by atoms with Crippen molar-refractivity contribution in [2.75, 3.05) is 14.2 Å². The Labute approximate surface area is 167 Å². The van der Waals surface area contributed by atoms with Crippen molar-refractivity contribution in [2.45, 2.75) is 45.6 Å². The van der Waals surface area contributed by atoms with E-state index in [0.29, 0.717) is 23.6 Å². The van der Waals surface area contributed by atoms with Crippen LogP contribution < -0.4 is 14.8 Å². The second kappa shape index (κ2) is 9.40. The molecule has 2 aromatic rings. The molecule has 0 aliphatic rings. The highest BCUT2D eigenvalue weighted by Gasteiger charge is 2.15. The Morgan fingerprint density at radius 2 is 1.54 bits per heavy atom. The lowest BCUT2D eigenvalue weighted by Crippen LogP contribution is -2.23. The number of ketones is 1. The van der Waals surface area contributed by atoms with Crippen LogP contribution in [0.3, 0.4) is 0 Å². The lowest BCUT2D eigenvalue weighted by atomic mass is 9.86. The Balaban J connectivity index is 1.84. The maximum atomic E-state index is 12.3. The predicted octanol–water partition coefficient (Wildman–Crippen LogP) is 4.28. The topological polar surface area (TPSA) is 64.6 Å². The van der Waals surface area contributed by atoms with E-state index in [-0.39, 0.29) is 29.9 Å². The van der Waals surface area contributed by atoms with Crippen LogP contribution in [0.1, 0.15) is 55.1 Å². The number of benzene rings is 2. The van der Waals surface area contributed by atoms with E-state index in [4.69, 9.17) is 9.47 Å². The number of Topliss-reactive ketones (excluding diaryl/α,β-unsaturated/α-hetero) is 1. The molecule has 0 aliphatic heterocycles. The molecule has 0 unspecified atom stereocenters. The Bertz CT molecular complexity index is 819.